The lowest BCUT2D eigenvalue weighted by Gasteiger charge is -2.40. The Labute approximate surface area is 278 Å². The van der Waals surface area contributed by atoms with Crippen LogP contribution in [0.15, 0.2) is 114 Å². The Bertz CT molecular complexity index is 1900. The van der Waals surface area contributed by atoms with E-state index in [-0.39, 0.29) is 17.8 Å². The van der Waals surface area contributed by atoms with Crippen molar-refractivity contribution in [3.05, 3.63) is 132 Å². The predicted octanol–water partition coefficient (Wildman–Crippen LogP) is 7.36. The van der Waals surface area contributed by atoms with Crippen molar-refractivity contribution in [1.29, 1.82) is 0 Å². The number of carbonyl (C=O) groups excluding carboxylic acids is 1. The summed E-state index contributed by atoms with van der Waals surface area (Å²) in [6.45, 7) is 3.74. The summed E-state index contributed by atoms with van der Waals surface area (Å²) in [5, 5.41) is 10.6. The van der Waals surface area contributed by atoms with Crippen molar-refractivity contribution in [2.45, 2.75) is 37.0 Å². The van der Waals surface area contributed by atoms with E-state index < -0.39 is 0 Å². The molecule has 3 heterocycles. The van der Waals surface area contributed by atoms with Crippen LogP contribution in [0, 0.1) is 5.82 Å². The van der Waals surface area contributed by atoms with Crippen molar-refractivity contribution < 1.29 is 9.18 Å². The van der Waals surface area contributed by atoms with Crippen molar-refractivity contribution in [2.75, 3.05) is 31.9 Å². The lowest BCUT2D eigenvalue weighted by molar-refractivity contribution is -0.133. The summed E-state index contributed by atoms with van der Waals surface area (Å²) in [6.07, 6.45) is 2.26. The van der Waals surface area contributed by atoms with Crippen molar-refractivity contribution in [2.24, 2.45) is 0 Å². The normalized spacial score (nSPS) is 14.0. The second-order valence-electron chi connectivity index (χ2n) is 11.9. The molecule has 0 saturated carbocycles. The zero-order valence-electron chi connectivity index (χ0n) is 26.2. The van der Waals surface area contributed by atoms with Crippen LogP contribution in [0.1, 0.15) is 42.0 Å². The summed E-state index contributed by atoms with van der Waals surface area (Å²) in [4.78, 5) is 22.5. The minimum Gasteiger partial charge on any atom is -0.340 e. The van der Waals surface area contributed by atoms with E-state index in [1.54, 1.807) is 23.9 Å². The Balaban J connectivity index is 0.925. The molecule has 9 heteroatoms. The van der Waals surface area contributed by atoms with Crippen molar-refractivity contribution in [3.8, 4) is 0 Å². The van der Waals surface area contributed by atoms with Gasteiger partial charge in [-0.3, -0.25) is 9.69 Å². The van der Waals surface area contributed by atoms with Gasteiger partial charge in [0.05, 0.1) is 11.6 Å². The van der Waals surface area contributed by atoms with Gasteiger partial charge < -0.3 is 9.47 Å². The second kappa shape index (κ2) is 14.4. The van der Waals surface area contributed by atoms with Crippen LogP contribution < -0.4 is 0 Å². The fourth-order valence-corrected chi connectivity index (χ4v) is 7.28. The van der Waals surface area contributed by atoms with Gasteiger partial charge in [-0.15, -0.1) is 10.2 Å². The molecule has 1 aliphatic heterocycles. The summed E-state index contributed by atoms with van der Waals surface area (Å²) in [7, 11) is 0. The number of nitrogens with zero attached hydrogens (tertiary/aromatic N) is 6. The summed E-state index contributed by atoms with van der Waals surface area (Å²) < 4.78 is 15.6. The van der Waals surface area contributed by atoms with Gasteiger partial charge in [0.1, 0.15) is 11.3 Å². The Morgan fingerprint density at radius 3 is 2.13 bits per heavy atom. The molecule has 1 fully saturated rings. The second-order valence-corrected chi connectivity index (χ2v) is 13.0. The molecule has 0 aliphatic carbocycles. The summed E-state index contributed by atoms with van der Waals surface area (Å²) in [6, 6.07) is 36.1. The zero-order valence-corrected chi connectivity index (χ0v) is 27.0. The highest BCUT2D eigenvalue weighted by Crippen LogP contribution is 2.30. The molecule has 1 amide bonds. The molecule has 4 aromatic carbocycles. The first kappa shape index (κ1) is 31.0. The number of hydrogen-bond donors (Lipinski definition) is 0. The number of aromatic nitrogens is 4. The number of benzene rings is 4. The molecular weight excluding hydrogens is 608 g/mol. The molecule has 0 radical (unpaired) electrons. The number of hydrogen-bond acceptors (Lipinski definition) is 6. The van der Waals surface area contributed by atoms with Gasteiger partial charge in [0.25, 0.3) is 0 Å². The quantitative estimate of drug-likeness (QED) is 0.108. The summed E-state index contributed by atoms with van der Waals surface area (Å²) >= 11 is 1.57. The van der Waals surface area contributed by atoms with Crippen LogP contribution in [0.5, 0.6) is 0 Å². The van der Waals surface area contributed by atoms with Crippen molar-refractivity contribution >= 4 is 39.7 Å². The molecule has 1 saturated heterocycles. The minimum atomic E-state index is -0.251. The maximum atomic E-state index is 13.5. The molecule has 0 spiro atoms. The first-order valence-electron chi connectivity index (χ1n) is 16.2. The highest BCUT2D eigenvalue weighted by atomic mass is 32.2. The molecule has 2 aromatic heterocycles. The van der Waals surface area contributed by atoms with Crippen LogP contribution in [0.25, 0.3) is 22.1 Å². The van der Waals surface area contributed by atoms with E-state index >= 15 is 0 Å². The van der Waals surface area contributed by atoms with E-state index in [9.17, 15) is 9.18 Å². The predicted molar refractivity (Wildman–Crippen MR) is 186 cm³/mol. The number of halogens is 1. The lowest BCUT2D eigenvalue weighted by Crippen LogP contribution is -2.49. The Morgan fingerprint density at radius 1 is 0.766 bits per heavy atom. The lowest BCUT2D eigenvalue weighted by atomic mass is 9.96. The SMILES string of the molecule is O=C(CCCCSc1nnc2c3ccccc3n(Cc3ccc(F)cc3)c2n1)N1CCN(C(c2ccccc2)c2ccccc2)CC1. The number of piperazine rings is 1. The topological polar surface area (TPSA) is 67.2 Å². The Hall–Kier alpha value is -4.60. The average molecular weight is 645 g/mol. The van der Waals surface area contributed by atoms with E-state index in [0.29, 0.717) is 18.1 Å². The molecule has 1 aliphatic rings. The maximum Gasteiger partial charge on any atom is 0.222 e. The van der Waals surface area contributed by atoms with Gasteiger partial charge in [-0.05, 0) is 47.7 Å². The van der Waals surface area contributed by atoms with Gasteiger partial charge >= 0.3 is 0 Å². The molecule has 7 nitrogen and oxygen atoms in total. The highest BCUT2D eigenvalue weighted by Gasteiger charge is 2.28. The first-order chi connectivity index (χ1) is 23.1. The Kier molecular flexibility index (Phi) is 9.53. The molecule has 47 heavy (non-hydrogen) atoms. The van der Waals surface area contributed by atoms with E-state index in [1.165, 1.54) is 23.3 Å². The van der Waals surface area contributed by atoms with Gasteiger partial charge in [-0.2, -0.15) is 0 Å². The molecule has 0 atom stereocenters. The van der Waals surface area contributed by atoms with E-state index in [1.807, 2.05) is 23.1 Å². The van der Waals surface area contributed by atoms with Crippen LogP contribution >= 0.6 is 11.8 Å². The van der Waals surface area contributed by atoms with Gasteiger partial charge in [-0.25, -0.2) is 9.37 Å². The monoisotopic (exact) mass is 644 g/mol. The number of fused-ring (bicyclic) bond motifs is 3. The van der Waals surface area contributed by atoms with Gasteiger partial charge in [-0.1, -0.05) is 103 Å². The average Bonchev–Trinajstić information content (AvgIpc) is 3.42. The third-order valence-electron chi connectivity index (χ3n) is 8.89. The van der Waals surface area contributed by atoms with Crippen LogP contribution in [-0.4, -0.2) is 67.4 Å². The fraction of sp³-hybridized carbons (Fsp3) is 0.263. The molecule has 0 unspecified atom stereocenters. The number of thioether (sulfide) groups is 1. The zero-order chi connectivity index (χ0) is 32.0. The number of amides is 1. The van der Waals surface area contributed by atoms with Crippen LogP contribution in [0.2, 0.25) is 0 Å². The number of carbonyl (C=O) groups is 1. The van der Waals surface area contributed by atoms with Crippen LogP contribution in [0.4, 0.5) is 4.39 Å². The molecular formula is C38H37FN6OS. The molecule has 0 N–H and O–H groups in total. The molecule has 6 aromatic rings. The number of rotatable bonds is 11. The standard InChI is InChI=1S/C38H37FN6OS/c39-31-20-18-28(19-21-31)27-45-33-16-8-7-15-32(33)35-37(45)40-38(42-41-35)47-26-10-9-17-34(46)43-22-24-44(25-23-43)36(29-11-3-1-4-12-29)30-13-5-2-6-14-30/h1-8,11-16,18-21,36H,9-10,17,22-27H2. The summed E-state index contributed by atoms with van der Waals surface area (Å²) in [5.41, 5.74) is 6.10. The van der Waals surface area contributed by atoms with Crippen LogP contribution in [0.3, 0.4) is 0 Å². The number of unbranched alkanes of at least 4 members (excludes halogenated alkanes) is 1. The van der Waals surface area contributed by atoms with Crippen LogP contribution in [-0.2, 0) is 11.3 Å². The molecule has 0 bridgehead atoms. The van der Waals surface area contributed by atoms with Crippen molar-refractivity contribution in [1.82, 2.24) is 29.5 Å². The fourth-order valence-electron chi connectivity index (χ4n) is 6.50. The van der Waals surface area contributed by atoms with Crippen molar-refractivity contribution in [3.63, 3.8) is 0 Å². The van der Waals surface area contributed by atoms with Gasteiger partial charge in [0.2, 0.25) is 11.1 Å². The van der Waals surface area contributed by atoms with Gasteiger partial charge in [0, 0.05) is 50.3 Å². The molecule has 7 rings (SSSR count). The largest absolute Gasteiger partial charge is 0.340 e. The Morgan fingerprint density at radius 2 is 1.43 bits per heavy atom. The summed E-state index contributed by atoms with van der Waals surface area (Å²) in [5.74, 6) is 0.788. The van der Waals surface area contributed by atoms with Gasteiger partial charge in [0.15, 0.2) is 5.65 Å². The third kappa shape index (κ3) is 7.06. The smallest absolute Gasteiger partial charge is 0.222 e. The highest BCUT2D eigenvalue weighted by molar-refractivity contribution is 7.99. The van der Waals surface area contributed by atoms with E-state index in [4.69, 9.17) is 4.98 Å². The molecule has 238 valence electrons. The number of para-hydroxylation sites is 1. The minimum absolute atomic E-state index is 0.187. The maximum absolute atomic E-state index is 13.5. The van der Waals surface area contributed by atoms with E-state index in [2.05, 4.69) is 86.4 Å². The first-order valence-corrected chi connectivity index (χ1v) is 17.2. The van der Waals surface area contributed by atoms with E-state index in [0.717, 1.165) is 72.4 Å². The third-order valence-corrected chi connectivity index (χ3v) is 9.81.